The van der Waals surface area contributed by atoms with E-state index in [9.17, 15) is 4.79 Å². The summed E-state index contributed by atoms with van der Waals surface area (Å²) in [6.45, 7) is 9.08. The van der Waals surface area contributed by atoms with Gasteiger partial charge in [-0.1, -0.05) is 6.92 Å². The van der Waals surface area contributed by atoms with Gasteiger partial charge in [0.2, 0.25) is 0 Å². The molecule has 0 bridgehead atoms. The lowest BCUT2D eigenvalue weighted by Gasteiger charge is -2.51. The summed E-state index contributed by atoms with van der Waals surface area (Å²) < 4.78 is 11.9. The molecule has 3 saturated heterocycles. The summed E-state index contributed by atoms with van der Waals surface area (Å²) in [6, 6.07) is 0. The zero-order chi connectivity index (χ0) is 18.6. The van der Waals surface area contributed by atoms with Gasteiger partial charge in [-0.05, 0) is 43.4 Å². The molecule has 1 N–H and O–H groups in total. The van der Waals surface area contributed by atoms with Crippen LogP contribution in [-0.4, -0.2) is 85.1 Å². The van der Waals surface area contributed by atoms with Crippen LogP contribution in [0.3, 0.4) is 0 Å². The van der Waals surface area contributed by atoms with Crippen LogP contribution in [0.15, 0.2) is 0 Å². The number of carbonyl (C=O) groups excluding carboxylic acids is 1. The first-order valence-corrected chi connectivity index (χ1v) is 10.9. The number of hydrogen-bond acceptors (Lipinski definition) is 6. The van der Waals surface area contributed by atoms with Gasteiger partial charge in [-0.15, -0.1) is 0 Å². The molecule has 0 aromatic carbocycles. The second kappa shape index (κ2) is 6.68. The van der Waals surface area contributed by atoms with E-state index in [-0.39, 0.29) is 35.6 Å². The lowest BCUT2D eigenvalue weighted by atomic mass is 9.53. The van der Waals surface area contributed by atoms with Crippen molar-refractivity contribution in [3.05, 3.63) is 0 Å². The van der Waals surface area contributed by atoms with E-state index in [1.165, 1.54) is 19.3 Å². The third kappa shape index (κ3) is 3.13. The Balaban J connectivity index is 1.26. The van der Waals surface area contributed by atoms with Crippen molar-refractivity contribution in [3.63, 3.8) is 0 Å². The second-order valence-electron chi connectivity index (χ2n) is 9.96. The minimum Gasteiger partial charge on any atom is -0.462 e. The van der Waals surface area contributed by atoms with Crippen molar-refractivity contribution in [2.45, 2.75) is 50.7 Å². The smallest absolute Gasteiger partial charge is 0.310 e. The van der Waals surface area contributed by atoms with Crippen molar-refractivity contribution < 1.29 is 19.4 Å². The fraction of sp³-hybridized carbons (Fsp3) is 0.952. The molecule has 27 heavy (non-hydrogen) atoms. The molecule has 2 saturated carbocycles. The highest BCUT2D eigenvalue weighted by Crippen LogP contribution is 2.62. The summed E-state index contributed by atoms with van der Waals surface area (Å²) >= 11 is 0. The summed E-state index contributed by atoms with van der Waals surface area (Å²) in [7, 11) is 0. The van der Waals surface area contributed by atoms with E-state index >= 15 is 0 Å². The lowest BCUT2D eigenvalue weighted by Crippen LogP contribution is -2.52. The van der Waals surface area contributed by atoms with E-state index in [0.29, 0.717) is 11.8 Å². The van der Waals surface area contributed by atoms with Gasteiger partial charge in [0.05, 0.1) is 24.7 Å². The Labute approximate surface area is 162 Å². The Kier molecular flexibility index (Phi) is 4.54. The Hall–Kier alpha value is -0.690. The first kappa shape index (κ1) is 18.3. The van der Waals surface area contributed by atoms with Crippen LogP contribution in [0.25, 0.3) is 0 Å². The van der Waals surface area contributed by atoms with Crippen molar-refractivity contribution in [1.29, 1.82) is 0 Å². The highest BCUT2D eigenvalue weighted by atomic mass is 16.6. The molecule has 5 aliphatic rings. The minimum absolute atomic E-state index is 0.0293. The van der Waals surface area contributed by atoms with Crippen LogP contribution in [0.2, 0.25) is 0 Å². The molecule has 6 nitrogen and oxygen atoms in total. The van der Waals surface area contributed by atoms with Gasteiger partial charge in [0, 0.05) is 45.2 Å². The Morgan fingerprint density at radius 3 is 2.63 bits per heavy atom. The summed E-state index contributed by atoms with van der Waals surface area (Å²) in [5.74, 6) is 1.03. The number of epoxide rings is 1. The average molecular weight is 379 g/mol. The molecule has 6 atom stereocenters. The maximum atomic E-state index is 12.7. The molecular formula is C21H34N2O4. The fourth-order valence-electron chi connectivity index (χ4n) is 6.78. The number of aliphatic hydroxyl groups excluding tert-OH is 1. The fourth-order valence-corrected chi connectivity index (χ4v) is 6.78. The number of fused-ring (bicyclic) bond motifs is 3. The zero-order valence-corrected chi connectivity index (χ0v) is 16.6. The molecule has 0 radical (unpaired) electrons. The highest BCUT2D eigenvalue weighted by Gasteiger charge is 2.65. The van der Waals surface area contributed by atoms with Crippen molar-refractivity contribution in [3.8, 4) is 0 Å². The number of aliphatic hydroxyl groups is 1. The van der Waals surface area contributed by atoms with Gasteiger partial charge < -0.3 is 14.6 Å². The normalized spacial score (nSPS) is 47.6. The highest BCUT2D eigenvalue weighted by molar-refractivity contribution is 5.75. The van der Waals surface area contributed by atoms with Crippen LogP contribution in [0.5, 0.6) is 0 Å². The SMILES string of the molecule is C[C@]12CCC[C@]3(CO3)[C@@H]1C[C@H]1[C@@H](C2)OC(=O)[C@@H]1CN1CCN(CCO)CC1. The van der Waals surface area contributed by atoms with E-state index in [4.69, 9.17) is 14.6 Å². The van der Waals surface area contributed by atoms with E-state index < -0.39 is 0 Å². The van der Waals surface area contributed by atoms with Crippen LogP contribution < -0.4 is 0 Å². The Morgan fingerprint density at radius 1 is 1.19 bits per heavy atom. The molecule has 0 aromatic rings. The molecule has 0 aromatic heterocycles. The largest absolute Gasteiger partial charge is 0.462 e. The molecule has 5 fully saturated rings. The van der Waals surface area contributed by atoms with E-state index in [0.717, 1.165) is 58.7 Å². The Morgan fingerprint density at radius 2 is 1.93 bits per heavy atom. The number of β-amino-alcohol motifs (C(OH)–C–C–N with tert-alkyl or cyclic N) is 1. The molecule has 3 aliphatic heterocycles. The molecule has 6 heteroatoms. The predicted molar refractivity (Wildman–Crippen MR) is 100 cm³/mol. The van der Waals surface area contributed by atoms with E-state index in [1.807, 2.05) is 0 Å². The quantitative estimate of drug-likeness (QED) is 0.584. The minimum atomic E-state index is 0.0293. The lowest BCUT2D eigenvalue weighted by molar-refractivity contribution is -0.147. The molecule has 1 spiro atoms. The number of nitrogens with zero attached hydrogens (tertiary/aromatic N) is 2. The van der Waals surface area contributed by atoms with E-state index in [1.54, 1.807) is 0 Å². The van der Waals surface area contributed by atoms with Gasteiger partial charge in [-0.2, -0.15) is 0 Å². The number of carbonyl (C=O) groups is 1. The van der Waals surface area contributed by atoms with Gasteiger partial charge in [-0.25, -0.2) is 0 Å². The van der Waals surface area contributed by atoms with Gasteiger partial charge in [0.1, 0.15) is 6.10 Å². The molecule has 152 valence electrons. The summed E-state index contributed by atoms with van der Waals surface area (Å²) in [4.78, 5) is 17.5. The van der Waals surface area contributed by atoms with Crippen molar-refractivity contribution in [2.24, 2.45) is 23.2 Å². The van der Waals surface area contributed by atoms with Crippen molar-refractivity contribution in [1.82, 2.24) is 9.80 Å². The van der Waals surface area contributed by atoms with Crippen LogP contribution in [0, 0.1) is 23.2 Å². The van der Waals surface area contributed by atoms with Gasteiger partial charge in [0.25, 0.3) is 0 Å². The van der Waals surface area contributed by atoms with Crippen molar-refractivity contribution in [2.75, 3.05) is 52.5 Å². The molecule has 2 aliphatic carbocycles. The van der Waals surface area contributed by atoms with Crippen LogP contribution in [0.1, 0.15) is 39.0 Å². The third-order valence-corrected chi connectivity index (χ3v) is 8.42. The molecule has 0 unspecified atom stereocenters. The summed E-state index contributed by atoms with van der Waals surface area (Å²) in [5, 5.41) is 9.11. The molecule has 5 rings (SSSR count). The van der Waals surface area contributed by atoms with Crippen LogP contribution >= 0.6 is 0 Å². The predicted octanol–water partition coefficient (Wildman–Crippen LogP) is 1.12. The second-order valence-corrected chi connectivity index (χ2v) is 9.96. The van der Waals surface area contributed by atoms with Crippen LogP contribution in [0.4, 0.5) is 0 Å². The van der Waals surface area contributed by atoms with Gasteiger partial charge >= 0.3 is 5.97 Å². The number of esters is 1. The monoisotopic (exact) mass is 378 g/mol. The molecule has 3 heterocycles. The van der Waals surface area contributed by atoms with Crippen LogP contribution in [-0.2, 0) is 14.3 Å². The van der Waals surface area contributed by atoms with Gasteiger partial charge in [-0.3, -0.25) is 14.6 Å². The first-order chi connectivity index (χ1) is 13.0. The topological polar surface area (TPSA) is 65.5 Å². The summed E-state index contributed by atoms with van der Waals surface area (Å²) in [5.41, 5.74) is 0.408. The standard InChI is InChI=1S/C21H34N2O4/c1-20-3-2-4-21(14-26-21)18(20)11-15-16(19(25)27-17(15)12-20)13-23-7-5-22(6-8-23)9-10-24/h15-18,24H,2-14H2,1H3/t15-,16-,17-,18-,20-,21+/m1/s1. The number of rotatable bonds is 4. The zero-order valence-electron chi connectivity index (χ0n) is 16.6. The Bertz CT molecular complexity index is 587. The maximum Gasteiger partial charge on any atom is 0.310 e. The number of hydrogen-bond donors (Lipinski definition) is 1. The first-order valence-electron chi connectivity index (χ1n) is 10.9. The van der Waals surface area contributed by atoms with Gasteiger partial charge in [0.15, 0.2) is 0 Å². The maximum absolute atomic E-state index is 12.7. The van der Waals surface area contributed by atoms with E-state index in [2.05, 4.69) is 16.7 Å². The van der Waals surface area contributed by atoms with Crippen molar-refractivity contribution >= 4 is 5.97 Å². The third-order valence-electron chi connectivity index (χ3n) is 8.42. The number of ether oxygens (including phenoxy) is 2. The summed E-state index contributed by atoms with van der Waals surface area (Å²) in [6.07, 6.45) is 5.95. The number of piperazine rings is 1. The average Bonchev–Trinajstić information content (AvgIpc) is 3.34. The molecule has 0 amide bonds. The molecular weight excluding hydrogens is 344 g/mol.